The normalized spacial score (nSPS) is 23.4. The highest BCUT2D eigenvalue weighted by molar-refractivity contribution is 8.00. The Bertz CT molecular complexity index is 447. The number of nitrogens with zero attached hydrogens (tertiary/aromatic N) is 1. The first kappa shape index (κ1) is 12.6. The van der Waals surface area contributed by atoms with Crippen LogP contribution in [0.1, 0.15) is 25.3 Å². The molecular weight excluding hydrogens is 252 g/mol. The molecule has 1 saturated heterocycles. The first-order chi connectivity index (χ1) is 8.13. The molecule has 1 heterocycles. The number of halogens is 1. The van der Waals surface area contributed by atoms with Gasteiger partial charge in [-0.1, -0.05) is 11.6 Å². The third-order valence-corrected chi connectivity index (χ3v) is 4.83. The molecular formula is C13H15ClN2S. The summed E-state index contributed by atoms with van der Waals surface area (Å²) in [6, 6.07) is 7.57. The van der Waals surface area contributed by atoms with Gasteiger partial charge in [-0.25, -0.2) is 0 Å². The monoisotopic (exact) mass is 266 g/mol. The number of nitriles is 1. The maximum Gasteiger partial charge on any atom is 0.101 e. The zero-order chi connectivity index (χ0) is 12.3. The third-order valence-electron chi connectivity index (χ3n) is 3.06. The van der Waals surface area contributed by atoms with Crippen LogP contribution in [0.3, 0.4) is 0 Å². The van der Waals surface area contributed by atoms with Gasteiger partial charge in [0.2, 0.25) is 0 Å². The lowest BCUT2D eigenvalue weighted by Gasteiger charge is -2.23. The van der Waals surface area contributed by atoms with E-state index < -0.39 is 0 Å². The lowest BCUT2D eigenvalue weighted by atomic mass is 10.1. The van der Waals surface area contributed by atoms with E-state index in [-0.39, 0.29) is 0 Å². The van der Waals surface area contributed by atoms with Crippen LogP contribution in [-0.4, -0.2) is 17.0 Å². The molecule has 90 valence electrons. The van der Waals surface area contributed by atoms with Gasteiger partial charge in [0.15, 0.2) is 0 Å². The summed E-state index contributed by atoms with van der Waals surface area (Å²) in [6.07, 6.45) is 2.52. The number of nitrogens with one attached hydrogen (secondary N) is 1. The van der Waals surface area contributed by atoms with Crippen LogP contribution in [0, 0.1) is 11.3 Å². The van der Waals surface area contributed by atoms with E-state index in [1.165, 1.54) is 18.6 Å². The molecule has 1 aromatic carbocycles. The molecule has 1 fully saturated rings. The predicted molar refractivity (Wildman–Crippen MR) is 74.8 cm³/mol. The first-order valence-corrected chi connectivity index (χ1v) is 7.07. The second-order valence-corrected chi connectivity index (χ2v) is 6.68. The topological polar surface area (TPSA) is 35.8 Å². The van der Waals surface area contributed by atoms with Gasteiger partial charge in [-0.3, -0.25) is 0 Å². The maximum absolute atomic E-state index is 9.05. The average Bonchev–Trinajstić information content (AvgIpc) is 2.75. The lowest BCUT2D eigenvalue weighted by molar-refractivity contribution is 0.635. The van der Waals surface area contributed by atoms with Crippen molar-refractivity contribution < 1.29 is 0 Å². The van der Waals surface area contributed by atoms with E-state index >= 15 is 0 Å². The molecule has 0 aromatic heterocycles. The van der Waals surface area contributed by atoms with Crippen molar-refractivity contribution in [3.05, 3.63) is 28.8 Å². The molecule has 0 saturated carbocycles. The van der Waals surface area contributed by atoms with Crippen molar-refractivity contribution in [1.82, 2.24) is 0 Å². The van der Waals surface area contributed by atoms with Crippen LogP contribution in [0.5, 0.6) is 0 Å². The van der Waals surface area contributed by atoms with Gasteiger partial charge in [-0.05, 0) is 43.7 Å². The lowest BCUT2D eigenvalue weighted by Crippen LogP contribution is -2.27. The Kier molecular flexibility index (Phi) is 3.86. The van der Waals surface area contributed by atoms with Crippen LogP contribution < -0.4 is 5.32 Å². The van der Waals surface area contributed by atoms with Crippen molar-refractivity contribution in [3.63, 3.8) is 0 Å². The van der Waals surface area contributed by atoms with Crippen LogP contribution in [0.25, 0.3) is 0 Å². The second-order valence-electron chi connectivity index (χ2n) is 4.56. The van der Waals surface area contributed by atoms with E-state index in [1.54, 1.807) is 6.07 Å². The third kappa shape index (κ3) is 3.08. The summed E-state index contributed by atoms with van der Waals surface area (Å²) in [4.78, 5) is 0. The molecule has 2 nitrogen and oxygen atoms in total. The van der Waals surface area contributed by atoms with Gasteiger partial charge in [0.1, 0.15) is 6.07 Å². The van der Waals surface area contributed by atoms with Gasteiger partial charge in [-0.15, -0.1) is 0 Å². The molecule has 0 bridgehead atoms. The van der Waals surface area contributed by atoms with Gasteiger partial charge < -0.3 is 5.32 Å². The SMILES string of the molecule is CC1(CNc2ccc(Cl)cc2C#N)CCCS1. The van der Waals surface area contributed by atoms with Gasteiger partial charge in [0.05, 0.1) is 11.3 Å². The number of hydrogen-bond donors (Lipinski definition) is 1. The Hall–Kier alpha value is -0.850. The van der Waals surface area contributed by atoms with Crippen molar-refractivity contribution in [1.29, 1.82) is 5.26 Å². The molecule has 2 rings (SSSR count). The summed E-state index contributed by atoms with van der Waals surface area (Å²) >= 11 is 7.88. The minimum atomic E-state index is 0.298. The largest absolute Gasteiger partial charge is 0.383 e. The molecule has 0 radical (unpaired) electrons. The summed E-state index contributed by atoms with van der Waals surface area (Å²) in [7, 11) is 0. The molecule has 1 unspecified atom stereocenters. The van der Waals surface area contributed by atoms with Gasteiger partial charge >= 0.3 is 0 Å². The molecule has 1 N–H and O–H groups in total. The zero-order valence-electron chi connectivity index (χ0n) is 9.79. The van der Waals surface area contributed by atoms with E-state index in [0.29, 0.717) is 15.3 Å². The molecule has 0 spiro atoms. The van der Waals surface area contributed by atoms with E-state index in [4.69, 9.17) is 16.9 Å². The Morgan fingerprint density at radius 2 is 2.41 bits per heavy atom. The zero-order valence-corrected chi connectivity index (χ0v) is 11.4. The molecule has 1 aromatic rings. The molecule has 0 aliphatic carbocycles. The Morgan fingerprint density at radius 3 is 3.06 bits per heavy atom. The van der Waals surface area contributed by atoms with E-state index in [2.05, 4.69) is 18.3 Å². The molecule has 1 aliphatic heterocycles. The molecule has 0 amide bonds. The van der Waals surface area contributed by atoms with Crippen LogP contribution in [-0.2, 0) is 0 Å². The quantitative estimate of drug-likeness (QED) is 0.901. The maximum atomic E-state index is 9.05. The average molecular weight is 267 g/mol. The second kappa shape index (κ2) is 5.20. The molecule has 4 heteroatoms. The fraction of sp³-hybridized carbons (Fsp3) is 0.462. The minimum absolute atomic E-state index is 0.298. The fourth-order valence-electron chi connectivity index (χ4n) is 2.02. The first-order valence-electron chi connectivity index (χ1n) is 5.70. The van der Waals surface area contributed by atoms with E-state index in [0.717, 1.165) is 12.2 Å². The van der Waals surface area contributed by atoms with Crippen molar-refractivity contribution >= 4 is 29.1 Å². The van der Waals surface area contributed by atoms with Crippen LogP contribution in [0.2, 0.25) is 5.02 Å². The van der Waals surface area contributed by atoms with Gasteiger partial charge in [-0.2, -0.15) is 17.0 Å². The van der Waals surface area contributed by atoms with Crippen LogP contribution in [0.15, 0.2) is 18.2 Å². The highest BCUT2D eigenvalue weighted by Gasteiger charge is 2.29. The Labute approximate surface area is 111 Å². The van der Waals surface area contributed by atoms with Crippen molar-refractivity contribution in [2.24, 2.45) is 0 Å². The highest BCUT2D eigenvalue weighted by Crippen LogP contribution is 2.37. The number of thioether (sulfide) groups is 1. The molecule has 1 atom stereocenters. The number of hydrogen-bond acceptors (Lipinski definition) is 3. The van der Waals surface area contributed by atoms with Crippen molar-refractivity contribution in [2.45, 2.75) is 24.5 Å². The van der Waals surface area contributed by atoms with Crippen molar-refractivity contribution in [2.75, 3.05) is 17.6 Å². The summed E-state index contributed by atoms with van der Waals surface area (Å²) < 4.78 is 0.298. The summed E-state index contributed by atoms with van der Waals surface area (Å²) in [5.41, 5.74) is 1.50. The smallest absolute Gasteiger partial charge is 0.101 e. The van der Waals surface area contributed by atoms with Crippen LogP contribution in [0.4, 0.5) is 5.69 Å². The van der Waals surface area contributed by atoms with Gasteiger partial charge in [0, 0.05) is 16.3 Å². The number of rotatable bonds is 3. The summed E-state index contributed by atoms with van der Waals surface area (Å²) in [6.45, 7) is 3.17. The number of anilines is 1. The van der Waals surface area contributed by atoms with E-state index in [1.807, 2.05) is 23.9 Å². The minimum Gasteiger partial charge on any atom is -0.383 e. The molecule has 17 heavy (non-hydrogen) atoms. The summed E-state index contributed by atoms with van der Waals surface area (Å²) in [5.74, 6) is 1.24. The van der Waals surface area contributed by atoms with Gasteiger partial charge in [0.25, 0.3) is 0 Å². The predicted octanol–water partition coefficient (Wildman–Crippen LogP) is 3.91. The van der Waals surface area contributed by atoms with Crippen molar-refractivity contribution in [3.8, 4) is 6.07 Å². The molecule has 1 aliphatic rings. The Balaban J connectivity index is 2.06. The highest BCUT2D eigenvalue weighted by atomic mass is 35.5. The fourth-order valence-corrected chi connectivity index (χ4v) is 3.44. The standard InChI is InChI=1S/C13H15ClN2S/c1-13(5-2-6-17-13)9-16-12-4-3-11(14)7-10(12)8-15/h3-4,7,16H,2,5-6,9H2,1H3. The number of benzene rings is 1. The summed E-state index contributed by atoms with van der Waals surface area (Å²) in [5, 5.41) is 13.0. The van der Waals surface area contributed by atoms with E-state index in [9.17, 15) is 0 Å². The Morgan fingerprint density at radius 1 is 1.59 bits per heavy atom. The van der Waals surface area contributed by atoms with Crippen LogP contribution >= 0.6 is 23.4 Å².